The van der Waals surface area contributed by atoms with Crippen molar-refractivity contribution in [3.63, 3.8) is 0 Å². The Morgan fingerprint density at radius 1 is 0.808 bits per heavy atom. The first-order chi connectivity index (χ1) is 12.8. The van der Waals surface area contributed by atoms with Gasteiger partial charge in [0.05, 0.1) is 11.0 Å². The lowest BCUT2D eigenvalue weighted by Crippen LogP contribution is -2.13. The molecule has 0 atom stereocenters. The van der Waals surface area contributed by atoms with Crippen molar-refractivity contribution in [2.24, 2.45) is 0 Å². The number of aromatic nitrogens is 2. The van der Waals surface area contributed by atoms with Crippen molar-refractivity contribution < 1.29 is 4.42 Å². The highest BCUT2D eigenvalue weighted by Gasteiger charge is 2.21. The van der Waals surface area contributed by atoms with E-state index in [9.17, 15) is 4.79 Å². The smallest absolute Gasteiger partial charge is 0.300 e. The van der Waals surface area contributed by atoms with Crippen molar-refractivity contribution in [1.82, 2.24) is 9.38 Å². The van der Waals surface area contributed by atoms with Crippen LogP contribution in [0.15, 0.2) is 82.0 Å². The highest BCUT2D eigenvalue weighted by molar-refractivity contribution is 6.20. The van der Waals surface area contributed by atoms with Crippen LogP contribution < -0.4 is 5.56 Å². The lowest BCUT2D eigenvalue weighted by atomic mass is 10.1. The molecule has 4 nitrogen and oxygen atoms in total. The van der Waals surface area contributed by atoms with E-state index in [-0.39, 0.29) is 5.56 Å². The van der Waals surface area contributed by atoms with E-state index in [4.69, 9.17) is 9.40 Å². The third kappa shape index (κ3) is 1.58. The van der Waals surface area contributed by atoms with Gasteiger partial charge in [0.25, 0.3) is 0 Å². The molecule has 0 aliphatic rings. The van der Waals surface area contributed by atoms with Gasteiger partial charge in [-0.25, -0.2) is 4.98 Å². The van der Waals surface area contributed by atoms with Crippen LogP contribution >= 0.6 is 0 Å². The van der Waals surface area contributed by atoms with Crippen LogP contribution in [0.25, 0.3) is 49.7 Å². The van der Waals surface area contributed by atoms with E-state index in [2.05, 4.69) is 0 Å². The molecule has 0 radical (unpaired) electrons. The maximum Gasteiger partial charge on any atom is 0.300 e. The first-order valence-electron chi connectivity index (χ1n) is 8.46. The lowest BCUT2D eigenvalue weighted by molar-refractivity contribution is 0.661. The van der Waals surface area contributed by atoms with Gasteiger partial charge in [-0.05, 0) is 12.1 Å². The van der Waals surface area contributed by atoms with Crippen molar-refractivity contribution in [3.05, 3.63) is 83.2 Å². The maximum absolute atomic E-state index is 13.3. The van der Waals surface area contributed by atoms with E-state index >= 15 is 0 Å². The minimum absolute atomic E-state index is 0.170. The Labute approximate surface area is 147 Å². The number of nitrogens with zero attached hydrogens (tertiary/aromatic N) is 2. The maximum atomic E-state index is 13.3. The fourth-order valence-corrected chi connectivity index (χ4v) is 3.87. The fourth-order valence-electron chi connectivity index (χ4n) is 3.87. The van der Waals surface area contributed by atoms with Gasteiger partial charge in [0.1, 0.15) is 11.4 Å². The summed E-state index contributed by atoms with van der Waals surface area (Å²) in [5.74, 6) is 0.643. The van der Waals surface area contributed by atoms with Gasteiger partial charge in [-0.3, -0.25) is 9.20 Å². The van der Waals surface area contributed by atoms with Gasteiger partial charge in [-0.2, -0.15) is 0 Å². The minimum Gasteiger partial charge on any atom is -0.450 e. The van der Waals surface area contributed by atoms with E-state index < -0.39 is 0 Å². The van der Waals surface area contributed by atoms with Crippen LogP contribution in [0.2, 0.25) is 0 Å². The van der Waals surface area contributed by atoms with Crippen molar-refractivity contribution in [2.75, 3.05) is 0 Å². The third-order valence-corrected chi connectivity index (χ3v) is 4.97. The van der Waals surface area contributed by atoms with Crippen LogP contribution in [0, 0.1) is 0 Å². The Morgan fingerprint density at radius 2 is 1.58 bits per heavy atom. The lowest BCUT2D eigenvalue weighted by Gasteiger charge is -2.03. The average molecular weight is 336 g/mol. The molecule has 0 unspecified atom stereocenters. The van der Waals surface area contributed by atoms with E-state index in [0.29, 0.717) is 11.4 Å². The summed E-state index contributed by atoms with van der Waals surface area (Å²) in [7, 11) is 0. The van der Waals surface area contributed by atoms with Crippen molar-refractivity contribution in [2.45, 2.75) is 0 Å². The molecule has 0 saturated heterocycles. The summed E-state index contributed by atoms with van der Waals surface area (Å²) in [6, 6.07) is 23.5. The number of benzene rings is 3. The first-order valence-corrected chi connectivity index (χ1v) is 8.46. The summed E-state index contributed by atoms with van der Waals surface area (Å²) >= 11 is 0. The van der Waals surface area contributed by atoms with E-state index in [1.54, 1.807) is 4.40 Å². The van der Waals surface area contributed by atoms with Crippen LogP contribution in [0.5, 0.6) is 0 Å². The molecule has 0 fully saturated rings. The van der Waals surface area contributed by atoms with Crippen LogP contribution in [-0.2, 0) is 0 Å². The van der Waals surface area contributed by atoms with Crippen molar-refractivity contribution in [1.29, 1.82) is 0 Å². The minimum atomic E-state index is -0.170. The second-order valence-electron chi connectivity index (χ2n) is 6.42. The number of imidazole rings is 1. The van der Waals surface area contributed by atoms with Gasteiger partial charge in [0.2, 0.25) is 5.58 Å². The standard InChI is InChI=1S/C22H12N2O2/c25-22-20-18(14-9-4-5-12-17(14)26-20)15-10-6-11-16-19(15)24(22)21(23-16)13-7-2-1-3-8-13/h1-12H. The van der Waals surface area contributed by atoms with Gasteiger partial charge in [-0.1, -0.05) is 60.7 Å². The zero-order valence-corrected chi connectivity index (χ0v) is 13.6. The van der Waals surface area contributed by atoms with Gasteiger partial charge in [0.15, 0.2) is 0 Å². The largest absolute Gasteiger partial charge is 0.450 e. The second-order valence-corrected chi connectivity index (χ2v) is 6.42. The van der Waals surface area contributed by atoms with Crippen LogP contribution in [0.4, 0.5) is 0 Å². The molecule has 0 saturated carbocycles. The average Bonchev–Trinajstić information content (AvgIpc) is 3.27. The summed E-state index contributed by atoms with van der Waals surface area (Å²) < 4.78 is 7.64. The molecule has 26 heavy (non-hydrogen) atoms. The number of furan rings is 1. The normalized spacial score (nSPS) is 12.0. The molecule has 122 valence electrons. The van der Waals surface area contributed by atoms with Crippen LogP contribution in [0.3, 0.4) is 0 Å². The predicted octanol–water partition coefficient (Wildman–Crippen LogP) is 4.85. The number of hydrogen-bond acceptors (Lipinski definition) is 3. The Morgan fingerprint density at radius 3 is 2.46 bits per heavy atom. The molecule has 3 aromatic heterocycles. The second kappa shape index (κ2) is 4.70. The zero-order valence-electron chi connectivity index (χ0n) is 13.6. The van der Waals surface area contributed by atoms with Crippen LogP contribution in [-0.4, -0.2) is 9.38 Å². The molecule has 0 amide bonds. The third-order valence-electron chi connectivity index (χ3n) is 4.97. The van der Waals surface area contributed by atoms with E-state index in [1.807, 2.05) is 72.8 Å². The highest BCUT2D eigenvalue weighted by atomic mass is 16.3. The zero-order chi connectivity index (χ0) is 17.3. The van der Waals surface area contributed by atoms with Gasteiger partial charge < -0.3 is 4.42 Å². The SMILES string of the molecule is O=c1c2oc3ccccc3c2c2cccc3nc(-c4ccccc4)n1c32. The Hall–Kier alpha value is -3.66. The molecule has 0 N–H and O–H groups in total. The molecule has 0 spiro atoms. The molecule has 0 bridgehead atoms. The molecule has 0 aliphatic carbocycles. The molecule has 3 aromatic carbocycles. The summed E-state index contributed by atoms with van der Waals surface area (Å²) in [4.78, 5) is 18.1. The summed E-state index contributed by atoms with van der Waals surface area (Å²) in [5.41, 5.74) is 3.49. The predicted molar refractivity (Wildman–Crippen MR) is 103 cm³/mol. The summed E-state index contributed by atoms with van der Waals surface area (Å²) in [6.07, 6.45) is 0. The topological polar surface area (TPSA) is 47.5 Å². The number of rotatable bonds is 1. The van der Waals surface area contributed by atoms with Crippen molar-refractivity contribution in [3.8, 4) is 11.4 Å². The molecule has 0 aliphatic heterocycles. The number of pyridine rings is 1. The van der Waals surface area contributed by atoms with Crippen LogP contribution in [0.1, 0.15) is 0 Å². The molecule has 6 rings (SSSR count). The van der Waals surface area contributed by atoms with Gasteiger partial charge in [0, 0.05) is 21.7 Å². The van der Waals surface area contributed by atoms with Crippen molar-refractivity contribution >= 4 is 38.4 Å². The number of para-hydroxylation sites is 2. The summed E-state index contributed by atoms with van der Waals surface area (Å²) in [5, 5.41) is 2.80. The Bertz CT molecular complexity index is 1490. The molecule has 4 heteroatoms. The number of hydrogen-bond donors (Lipinski definition) is 0. The fraction of sp³-hybridized carbons (Fsp3) is 0. The monoisotopic (exact) mass is 336 g/mol. The molecule has 6 aromatic rings. The van der Waals surface area contributed by atoms with Gasteiger partial charge in [-0.15, -0.1) is 0 Å². The number of fused-ring (bicyclic) bond motifs is 4. The quantitative estimate of drug-likeness (QED) is 0.431. The molecule has 3 heterocycles. The first kappa shape index (κ1) is 13.6. The van der Waals surface area contributed by atoms with E-state index in [0.717, 1.165) is 38.3 Å². The van der Waals surface area contributed by atoms with E-state index in [1.165, 1.54) is 0 Å². The summed E-state index contributed by atoms with van der Waals surface area (Å²) in [6.45, 7) is 0. The Balaban J connectivity index is 1.94. The molecular formula is C22H12N2O2. The highest BCUT2D eigenvalue weighted by Crippen LogP contribution is 2.35. The molecular weight excluding hydrogens is 324 g/mol. The Kier molecular flexibility index (Phi) is 2.46. The van der Waals surface area contributed by atoms with Gasteiger partial charge >= 0.3 is 5.56 Å².